The first-order chi connectivity index (χ1) is 10.9. The van der Waals surface area contributed by atoms with Gasteiger partial charge in [-0.3, -0.25) is 0 Å². The number of benzene rings is 2. The lowest BCUT2D eigenvalue weighted by atomic mass is 10.2. The number of hydrogen-bond acceptors (Lipinski definition) is 3. The number of sulfonamides is 1. The maximum atomic E-state index is 13.0. The number of ether oxygens (including phenoxy) is 1. The molecular formula is C16H17BrFNO3S. The molecule has 0 bridgehead atoms. The number of halogens is 2. The lowest BCUT2D eigenvalue weighted by molar-refractivity contribution is 0.311. The molecule has 0 saturated heterocycles. The molecule has 0 unspecified atom stereocenters. The van der Waals surface area contributed by atoms with Crippen molar-refractivity contribution >= 4 is 26.0 Å². The third kappa shape index (κ3) is 5.30. The molecule has 0 spiro atoms. The second-order valence-electron chi connectivity index (χ2n) is 4.99. The quantitative estimate of drug-likeness (QED) is 0.720. The molecule has 4 nitrogen and oxygen atoms in total. The lowest BCUT2D eigenvalue weighted by Crippen LogP contribution is -2.26. The molecule has 0 radical (unpaired) electrons. The fraction of sp³-hybridized carbons (Fsp3) is 0.250. The van der Waals surface area contributed by atoms with Gasteiger partial charge in [0, 0.05) is 11.0 Å². The summed E-state index contributed by atoms with van der Waals surface area (Å²) in [6.07, 6.45) is 0.520. The van der Waals surface area contributed by atoms with Crippen molar-refractivity contribution in [3.63, 3.8) is 0 Å². The lowest BCUT2D eigenvalue weighted by Gasteiger charge is -2.09. The Morgan fingerprint density at radius 2 is 2.00 bits per heavy atom. The second kappa shape index (κ2) is 7.90. The number of aryl methyl sites for hydroxylation is 1. The summed E-state index contributed by atoms with van der Waals surface area (Å²) in [6, 6.07) is 11.1. The first-order valence-electron chi connectivity index (χ1n) is 7.03. The van der Waals surface area contributed by atoms with Crippen molar-refractivity contribution in [2.24, 2.45) is 0 Å². The molecule has 2 rings (SSSR count). The van der Waals surface area contributed by atoms with E-state index in [0.717, 1.165) is 23.4 Å². The molecule has 23 heavy (non-hydrogen) atoms. The van der Waals surface area contributed by atoms with Crippen molar-refractivity contribution in [3.05, 3.63) is 58.3 Å². The van der Waals surface area contributed by atoms with E-state index < -0.39 is 15.8 Å². The Hall–Kier alpha value is -1.44. The highest BCUT2D eigenvalue weighted by Crippen LogP contribution is 2.22. The summed E-state index contributed by atoms with van der Waals surface area (Å²) in [7, 11) is -3.68. The maximum Gasteiger partial charge on any atom is 0.241 e. The monoisotopic (exact) mass is 401 g/mol. The van der Waals surface area contributed by atoms with E-state index in [-0.39, 0.29) is 15.9 Å². The van der Waals surface area contributed by atoms with E-state index in [9.17, 15) is 12.8 Å². The summed E-state index contributed by atoms with van der Waals surface area (Å²) >= 11 is 3.06. The van der Waals surface area contributed by atoms with Gasteiger partial charge in [0.15, 0.2) is 0 Å². The number of rotatable bonds is 7. The second-order valence-corrected chi connectivity index (χ2v) is 7.58. The Balaban J connectivity index is 1.83. The molecule has 0 aliphatic heterocycles. The van der Waals surface area contributed by atoms with E-state index in [2.05, 4.69) is 20.7 Å². The zero-order chi connectivity index (χ0) is 16.9. The van der Waals surface area contributed by atoms with Crippen LogP contribution in [0.15, 0.2) is 51.8 Å². The van der Waals surface area contributed by atoms with Crippen LogP contribution in [-0.4, -0.2) is 21.6 Å². The van der Waals surface area contributed by atoms with Crippen molar-refractivity contribution in [2.45, 2.75) is 18.2 Å². The number of hydrogen-bond donors (Lipinski definition) is 1. The van der Waals surface area contributed by atoms with Gasteiger partial charge in [-0.1, -0.05) is 12.1 Å². The van der Waals surface area contributed by atoms with Crippen LogP contribution < -0.4 is 9.46 Å². The summed E-state index contributed by atoms with van der Waals surface area (Å²) < 4.78 is 45.5. The van der Waals surface area contributed by atoms with Crippen molar-refractivity contribution < 1.29 is 17.5 Å². The van der Waals surface area contributed by atoms with E-state index in [0.29, 0.717) is 13.0 Å². The minimum Gasteiger partial charge on any atom is -0.494 e. The minimum atomic E-state index is -3.68. The van der Waals surface area contributed by atoms with Gasteiger partial charge in [0.25, 0.3) is 0 Å². The molecule has 0 amide bonds. The van der Waals surface area contributed by atoms with E-state index >= 15 is 0 Å². The Kier molecular flexibility index (Phi) is 6.15. The van der Waals surface area contributed by atoms with Crippen LogP contribution >= 0.6 is 15.9 Å². The fourth-order valence-corrected chi connectivity index (χ4v) is 4.07. The van der Waals surface area contributed by atoms with Crippen LogP contribution in [0, 0.1) is 12.7 Å². The van der Waals surface area contributed by atoms with Gasteiger partial charge in [0.2, 0.25) is 10.0 Å². The van der Waals surface area contributed by atoms with E-state index in [1.807, 2.05) is 31.2 Å². The maximum absolute atomic E-state index is 13.0. The first kappa shape index (κ1) is 17.9. The molecule has 7 heteroatoms. The molecule has 0 atom stereocenters. The van der Waals surface area contributed by atoms with Gasteiger partial charge in [0.1, 0.15) is 11.6 Å². The molecule has 0 aliphatic carbocycles. The highest BCUT2D eigenvalue weighted by atomic mass is 79.9. The molecule has 0 heterocycles. The molecule has 2 aromatic rings. The van der Waals surface area contributed by atoms with Crippen LogP contribution in [0.25, 0.3) is 0 Å². The highest BCUT2D eigenvalue weighted by molar-refractivity contribution is 9.10. The molecular weight excluding hydrogens is 385 g/mol. The zero-order valence-electron chi connectivity index (χ0n) is 12.6. The minimum absolute atomic E-state index is 0.0125. The average Bonchev–Trinajstić information content (AvgIpc) is 2.46. The predicted octanol–water partition coefficient (Wildman–Crippen LogP) is 3.64. The third-order valence-electron chi connectivity index (χ3n) is 3.05. The molecule has 1 N–H and O–H groups in total. The van der Waals surface area contributed by atoms with Gasteiger partial charge in [-0.15, -0.1) is 0 Å². The Bertz CT molecular complexity index is 781. The smallest absolute Gasteiger partial charge is 0.241 e. The molecule has 0 aromatic heterocycles. The largest absolute Gasteiger partial charge is 0.494 e. The van der Waals surface area contributed by atoms with Crippen LogP contribution in [0.2, 0.25) is 0 Å². The summed E-state index contributed by atoms with van der Waals surface area (Å²) in [5.41, 5.74) is 1.10. The normalized spacial score (nSPS) is 11.4. The third-order valence-corrected chi connectivity index (χ3v) is 5.49. The Labute approximate surface area is 143 Å². The van der Waals surface area contributed by atoms with Gasteiger partial charge < -0.3 is 4.74 Å². The Morgan fingerprint density at radius 3 is 2.70 bits per heavy atom. The fourth-order valence-electron chi connectivity index (χ4n) is 1.94. The van der Waals surface area contributed by atoms with Gasteiger partial charge in [0.05, 0.1) is 11.5 Å². The van der Waals surface area contributed by atoms with Crippen molar-refractivity contribution in [1.29, 1.82) is 0 Å². The average molecular weight is 402 g/mol. The molecule has 0 aliphatic rings. The van der Waals surface area contributed by atoms with Crippen LogP contribution in [0.3, 0.4) is 0 Å². The van der Waals surface area contributed by atoms with Crippen molar-refractivity contribution in [1.82, 2.24) is 4.72 Å². The van der Waals surface area contributed by atoms with Crippen LogP contribution in [0.4, 0.5) is 4.39 Å². The Morgan fingerprint density at radius 1 is 1.22 bits per heavy atom. The summed E-state index contributed by atoms with van der Waals surface area (Å²) in [4.78, 5) is 0.0125. The number of nitrogens with one attached hydrogen (secondary N) is 1. The SMILES string of the molecule is Cc1cccc(OCCCNS(=O)(=O)c2ccc(F)cc2Br)c1. The molecule has 0 saturated carbocycles. The molecule has 0 fully saturated rings. The van der Waals surface area contributed by atoms with Gasteiger partial charge in [-0.05, 0) is 65.2 Å². The first-order valence-corrected chi connectivity index (χ1v) is 9.30. The van der Waals surface area contributed by atoms with Crippen molar-refractivity contribution in [2.75, 3.05) is 13.2 Å². The van der Waals surface area contributed by atoms with Crippen LogP contribution in [-0.2, 0) is 10.0 Å². The summed E-state index contributed by atoms with van der Waals surface area (Å²) in [5.74, 6) is 0.261. The summed E-state index contributed by atoms with van der Waals surface area (Å²) in [6.45, 7) is 2.61. The molecule has 2 aromatic carbocycles. The predicted molar refractivity (Wildman–Crippen MR) is 90.6 cm³/mol. The van der Waals surface area contributed by atoms with Gasteiger partial charge in [-0.25, -0.2) is 17.5 Å². The highest BCUT2D eigenvalue weighted by Gasteiger charge is 2.17. The van der Waals surface area contributed by atoms with E-state index in [4.69, 9.17) is 4.74 Å². The van der Waals surface area contributed by atoms with Gasteiger partial charge >= 0.3 is 0 Å². The van der Waals surface area contributed by atoms with Crippen LogP contribution in [0.5, 0.6) is 5.75 Å². The van der Waals surface area contributed by atoms with E-state index in [1.54, 1.807) is 0 Å². The summed E-state index contributed by atoms with van der Waals surface area (Å²) in [5, 5.41) is 0. The molecule has 124 valence electrons. The van der Waals surface area contributed by atoms with Gasteiger partial charge in [-0.2, -0.15) is 0 Å². The zero-order valence-corrected chi connectivity index (χ0v) is 15.0. The topological polar surface area (TPSA) is 55.4 Å². The van der Waals surface area contributed by atoms with E-state index in [1.165, 1.54) is 6.07 Å². The van der Waals surface area contributed by atoms with Crippen molar-refractivity contribution in [3.8, 4) is 5.75 Å². The van der Waals surface area contributed by atoms with Crippen LogP contribution in [0.1, 0.15) is 12.0 Å². The standard InChI is InChI=1S/C16H17BrFNO3S/c1-12-4-2-5-14(10-12)22-9-3-8-19-23(20,21)16-7-6-13(18)11-15(16)17/h2,4-7,10-11,19H,3,8-9H2,1H3.